The fraction of sp³-hybridized carbons (Fsp3) is 0.125. The zero-order chi connectivity index (χ0) is 23.8. The lowest BCUT2D eigenvalue weighted by Gasteiger charge is -2.15. The number of benzene rings is 2. The topological polar surface area (TPSA) is 66.4 Å². The Bertz CT molecular complexity index is 1160. The van der Waals surface area contributed by atoms with Crippen molar-refractivity contribution in [1.82, 2.24) is 10.3 Å². The van der Waals surface area contributed by atoms with Crippen LogP contribution in [0.3, 0.4) is 0 Å². The van der Waals surface area contributed by atoms with Gasteiger partial charge in [-0.2, -0.15) is 13.2 Å². The number of carbonyl (C=O) groups excluding carboxylic acids is 1. The third kappa shape index (κ3) is 6.66. The number of amides is 1. The monoisotopic (exact) mass is 472 g/mol. The van der Waals surface area contributed by atoms with E-state index in [1.807, 2.05) is 6.07 Å². The van der Waals surface area contributed by atoms with E-state index in [0.29, 0.717) is 27.5 Å². The summed E-state index contributed by atoms with van der Waals surface area (Å²) in [6.07, 6.45) is -2.10. The van der Waals surface area contributed by atoms with Crippen LogP contribution in [0.5, 0.6) is 0 Å². The molecule has 170 valence electrons. The summed E-state index contributed by atoms with van der Waals surface area (Å²) in [5.41, 5.74) is 0.972. The normalized spacial score (nSPS) is 12.4. The fourth-order valence-corrected chi connectivity index (χ4v) is 3.07. The highest BCUT2D eigenvalue weighted by Crippen LogP contribution is 2.28. The van der Waals surface area contributed by atoms with Crippen LogP contribution in [0.25, 0.3) is 5.70 Å². The zero-order valence-electron chi connectivity index (χ0n) is 17.5. The smallest absolute Gasteiger partial charge is 0.354 e. The average molecular weight is 473 g/mol. The van der Waals surface area contributed by atoms with E-state index in [-0.39, 0.29) is 18.1 Å². The third-order valence-electron chi connectivity index (χ3n) is 4.57. The van der Waals surface area contributed by atoms with Crippen molar-refractivity contribution in [3.63, 3.8) is 0 Å². The van der Waals surface area contributed by atoms with E-state index in [1.54, 1.807) is 54.7 Å². The molecule has 0 bridgehead atoms. The van der Waals surface area contributed by atoms with Gasteiger partial charge in [0.2, 0.25) is 0 Å². The van der Waals surface area contributed by atoms with Crippen LogP contribution >= 0.6 is 11.6 Å². The molecule has 0 aliphatic rings. The lowest BCUT2D eigenvalue weighted by molar-refractivity contribution is -0.0577. The van der Waals surface area contributed by atoms with Crippen molar-refractivity contribution in [2.45, 2.75) is 12.7 Å². The molecular weight excluding hydrogens is 453 g/mol. The maximum atomic E-state index is 13.3. The highest BCUT2D eigenvalue weighted by molar-refractivity contribution is 6.33. The van der Waals surface area contributed by atoms with E-state index in [0.717, 1.165) is 13.1 Å². The standard InChI is InChI=1S/C24H20ClF3N4O/c1-29-22(24(26,27)28)14-21(32-20-8-3-2-7-19(20)25)16-9-11-17(12-10-16)23(33)31-15-18-6-4-5-13-30-18/h2-14,32H,15H2,1H3,(H,31,33)/b21-14-,29-22+. The van der Waals surface area contributed by atoms with Crippen LogP contribution in [0.4, 0.5) is 18.9 Å². The van der Waals surface area contributed by atoms with Crippen molar-refractivity contribution in [1.29, 1.82) is 0 Å². The molecule has 0 fully saturated rings. The van der Waals surface area contributed by atoms with Crippen molar-refractivity contribution in [3.8, 4) is 0 Å². The number of anilines is 1. The van der Waals surface area contributed by atoms with Gasteiger partial charge in [0.25, 0.3) is 5.91 Å². The van der Waals surface area contributed by atoms with Gasteiger partial charge in [0.05, 0.1) is 22.9 Å². The number of allylic oxidation sites excluding steroid dienone is 1. The number of hydrogen-bond donors (Lipinski definition) is 2. The largest absolute Gasteiger partial charge is 0.432 e. The van der Waals surface area contributed by atoms with E-state index in [2.05, 4.69) is 20.6 Å². The predicted octanol–water partition coefficient (Wildman–Crippen LogP) is 5.75. The summed E-state index contributed by atoms with van der Waals surface area (Å²) in [5.74, 6) is -0.331. The summed E-state index contributed by atoms with van der Waals surface area (Å²) in [4.78, 5) is 19.9. The van der Waals surface area contributed by atoms with Crippen molar-refractivity contribution in [3.05, 3.63) is 101 Å². The van der Waals surface area contributed by atoms with Crippen molar-refractivity contribution in [2.24, 2.45) is 4.99 Å². The number of para-hydroxylation sites is 1. The number of halogens is 4. The van der Waals surface area contributed by atoms with Crippen molar-refractivity contribution < 1.29 is 18.0 Å². The second kappa shape index (κ2) is 10.8. The second-order valence-corrected chi connectivity index (χ2v) is 7.26. The van der Waals surface area contributed by atoms with Crippen molar-refractivity contribution in [2.75, 3.05) is 12.4 Å². The number of pyridine rings is 1. The molecule has 1 heterocycles. The minimum absolute atomic E-state index is 0.126. The molecule has 0 aliphatic carbocycles. The Morgan fingerprint density at radius 1 is 1.03 bits per heavy atom. The number of aliphatic imine (C=N–C) groups is 1. The first-order valence-electron chi connectivity index (χ1n) is 9.83. The summed E-state index contributed by atoms with van der Waals surface area (Å²) < 4.78 is 40.0. The molecule has 2 aromatic carbocycles. The first kappa shape index (κ1) is 24.0. The average Bonchev–Trinajstić information content (AvgIpc) is 2.81. The van der Waals surface area contributed by atoms with E-state index >= 15 is 0 Å². The molecule has 3 rings (SSSR count). The Labute approximate surface area is 194 Å². The summed E-state index contributed by atoms with van der Waals surface area (Å²) in [6.45, 7) is 0.253. The van der Waals surface area contributed by atoms with Gasteiger partial charge >= 0.3 is 6.18 Å². The molecule has 1 aromatic heterocycles. The SMILES string of the molecule is C/N=C(\C=C(/Nc1ccccc1Cl)c1ccc(C(=O)NCc2ccccn2)cc1)C(F)(F)F. The van der Waals surface area contributed by atoms with E-state index < -0.39 is 11.9 Å². The number of rotatable bonds is 7. The molecule has 33 heavy (non-hydrogen) atoms. The van der Waals surface area contributed by atoms with Gasteiger partial charge in [-0.15, -0.1) is 0 Å². The molecule has 3 aromatic rings. The number of aromatic nitrogens is 1. The van der Waals surface area contributed by atoms with Crippen LogP contribution in [0, 0.1) is 0 Å². The molecular formula is C24H20ClF3N4O. The zero-order valence-corrected chi connectivity index (χ0v) is 18.3. The number of hydrogen-bond acceptors (Lipinski definition) is 4. The highest BCUT2D eigenvalue weighted by atomic mass is 35.5. The molecule has 2 N–H and O–H groups in total. The maximum Gasteiger partial charge on any atom is 0.432 e. The molecule has 9 heteroatoms. The first-order chi connectivity index (χ1) is 15.8. The number of alkyl halides is 3. The summed E-state index contributed by atoms with van der Waals surface area (Å²) in [7, 11) is 1.07. The molecule has 0 radical (unpaired) electrons. The summed E-state index contributed by atoms with van der Waals surface area (Å²) in [5, 5.41) is 6.03. The Hall–Kier alpha value is -3.65. The number of nitrogens with zero attached hydrogens (tertiary/aromatic N) is 2. The van der Waals surface area contributed by atoms with Crippen LogP contribution in [0.15, 0.2) is 84.0 Å². The minimum atomic E-state index is -4.63. The van der Waals surface area contributed by atoms with E-state index in [9.17, 15) is 18.0 Å². The predicted molar refractivity (Wildman–Crippen MR) is 124 cm³/mol. The van der Waals surface area contributed by atoms with E-state index in [1.165, 1.54) is 12.1 Å². The van der Waals surface area contributed by atoms with Crippen LogP contribution < -0.4 is 10.6 Å². The first-order valence-corrected chi connectivity index (χ1v) is 10.2. The van der Waals surface area contributed by atoms with Gasteiger partial charge in [0.1, 0.15) is 5.71 Å². The molecule has 0 atom stereocenters. The summed E-state index contributed by atoms with van der Waals surface area (Å²) in [6, 6.07) is 18.2. The molecule has 0 unspecified atom stereocenters. The quantitative estimate of drug-likeness (QED) is 0.430. The van der Waals surface area contributed by atoms with Gasteiger partial charge < -0.3 is 10.6 Å². The van der Waals surface area contributed by atoms with Crippen molar-refractivity contribution >= 4 is 34.6 Å². The van der Waals surface area contributed by atoms with Gasteiger partial charge in [-0.3, -0.25) is 14.8 Å². The van der Waals surface area contributed by atoms with Gasteiger partial charge in [-0.1, -0.05) is 41.9 Å². The Kier molecular flexibility index (Phi) is 7.84. The lowest BCUT2D eigenvalue weighted by atomic mass is 10.1. The number of carbonyl (C=O) groups is 1. The Morgan fingerprint density at radius 2 is 1.70 bits per heavy atom. The fourth-order valence-electron chi connectivity index (χ4n) is 2.89. The van der Waals surface area contributed by atoms with Crippen LogP contribution in [0.2, 0.25) is 5.02 Å². The van der Waals surface area contributed by atoms with Crippen LogP contribution in [-0.4, -0.2) is 29.8 Å². The second-order valence-electron chi connectivity index (χ2n) is 6.85. The van der Waals surface area contributed by atoms with Gasteiger partial charge in [0, 0.05) is 24.5 Å². The minimum Gasteiger partial charge on any atom is -0.354 e. The van der Waals surface area contributed by atoms with E-state index in [4.69, 9.17) is 11.6 Å². The summed E-state index contributed by atoms with van der Waals surface area (Å²) >= 11 is 6.17. The van der Waals surface area contributed by atoms with Gasteiger partial charge in [-0.05, 0) is 48.0 Å². The van der Waals surface area contributed by atoms with Crippen LogP contribution in [0.1, 0.15) is 21.6 Å². The molecule has 0 aliphatic heterocycles. The number of nitrogens with one attached hydrogen (secondary N) is 2. The molecule has 0 saturated heterocycles. The molecule has 0 saturated carbocycles. The van der Waals surface area contributed by atoms with Crippen LogP contribution in [-0.2, 0) is 6.54 Å². The lowest BCUT2D eigenvalue weighted by Crippen LogP contribution is -2.23. The maximum absolute atomic E-state index is 13.3. The molecule has 5 nitrogen and oxygen atoms in total. The molecule has 0 spiro atoms. The van der Waals surface area contributed by atoms with Gasteiger partial charge in [0.15, 0.2) is 0 Å². The third-order valence-corrected chi connectivity index (χ3v) is 4.90. The molecule has 1 amide bonds. The Balaban J connectivity index is 1.85. The highest BCUT2D eigenvalue weighted by Gasteiger charge is 2.34. The Morgan fingerprint density at radius 3 is 2.30 bits per heavy atom. The van der Waals surface area contributed by atoms with Gasteiger partial charge in [-0.25, -0.2) is 0 Å².